The maximum absolute atomic E-state index is 12.6. The topological polar surface area (TPSA) is 65.2 Å². The van der Waals surface area contributed by atoms with Crippen LogP contribution in [0.3, 0.4) is 0 Å². The fraction of sp³-hybridized carbons (Fsp3) is 0.222. The highest BCUT2D eigenvalue weighted by Crippen LogP contribution is 2.24. The summed E-state index contributed by atoms with van der Waals surface area (Å²) in [5.74, 6) is -0.111. The standard InChI is InChI=1S/C18H17N3O2S/c22-17(20-8-13-4-3-7-24-13)12-10-21(11-12)18(23)15-9-19-16-6-2-1-5-14(15)16/h1-7,9,12,19H,8,10-11H2,(H,20,22). The zero-order valence-electron chi connectivity index (χ0n) is 13.0. The smallest absolute Gasteiger partial charge is 0.256 e. The van der Waals surface area contributed by atoms with Gasteiger partial charge in [0.2, 0.25) is 5.91 Å². The molecular formula is C18H17N3O2S. The van der Waals surface area contributed by atoms with E-state index in [1.807, 2.05) is 41.8 Å². The first-order valence-corrected chi connectivity index (χ1v) is 8.76. The number of hydrogen-bond donors (Lipinski definition) is 2. The van der Waals surface area contributed by atoms with Gasteiger partial charge in [-0.1, -0.05) is 24.3 Å². The van der Waals surface area contributed by atoms with Gasteiger partial charge in [-0.25, -0.2) is 0 Å². The Kier molecular flexibility index (Phi) is 3.82. The van der Waals surface area contributed by atoms with Crippen molar-refractivity contribution in [3.63, 3.8) is 0 Å². The largest absolute Gasteiger partial charge is 0.360 e. The fourth-order valence-corrected chi connectivity index (χ4v) is 3.61. The van der Waals surface area contributed by atoms with E-state index in [1.54, 1.807) is 22.4 Å². The molecule has 0 spiro atoms. The molecule has 122 valence electrons. The van der Waals surface area contributed by atoms with Gasteiger partial charge in [0.15, 0.2) is 0 Å². The van der Waals surface area contributed by atoms with Crippen LogP contribution >= 0.6 is 11.3 Å². The number of rotatable bonds is 4. The van der Waals surface area contributed by atoms with Crippen molar-refractivity contribution in [2.75, 3.05) is 13.1 Å². The molecule has 2 amide bonds. The van der Waals surface area contributed by atoms with Gasteiger partial charge in [-0.3, -0.25) is 9.59 Å². The number of hydrogen-bond acceptors (Lipinski definition) is 3. The number of nitrogens with one attached hydrogen (secondary N) is 2. The molecular weight excluding hydrogens is 322 g/mol. The summed E-state index contributed by atoms with van der Waals surface area (Å²) in [5.41, 5.74) is 1.62. The third kappa shape index (κ3) is 2.69. The highest BCUT2D eigenvalue weighted by atomic mass is 32.1. The minimum atomic E-state index is -0.112. The Balaban J connectivity index is 1.35. The summed E-state index contributed by atoms with van der Waals surface area (Å²) in [7, 11) is 0. The first-order valence-electron chi connectivity index (χ1n) is 7.88. The normalized spacial score (nSPS) is 14.6. The Bertz CT molecular complexity index is 879. The summed E-state index contributed by atoms with van der Waals surface area (Å²) in [6.07, 6.45) is 1.75. The first-order chi connectivity index (χ1) is 11.7. The van der Waals surface area contributed by atoms with Gasteiger partial charge < -0.3 is 15.2 Å². The molecule has 2 N–H and O–H groups in total. The molecule has 5 nitrogen and oxygen atoms in total. The first kappa shape index (κ1) is 15.0. The summed E-state index contributed by atoms with van der Waals surface area (Å²) in [6.45, 7) is 1.52. The molecule has 24 heavy (non-hydrogen) atoms. The van der Waals surface area contributed by atoms with Crippen molar-refractivity contribution in [2.24, 2.45) is 5.92 Å². The molecule has 3 heterocycles. The highest BCUT2D eigenvalue weighted by molar-refractivity contribution is 7.09. The summed E-state index contributed by atoms with van der Waals surface area (Å²) in [4.78, 5) is 30.7. The molecule has 1 aliphatic heterocycles. The summed E-state index contributed by atoms with van der Waals surface area (Å²) < 4.78 is 0. The van der Waals surface area contributed by atoms with Gasteiger partial charge in [-0.15, -0.1) is 11.3 Å². The van der Waals surface area contributed by atoms with Crippen LogP contribution in [0.2, 0.25) is 0 Å². The van der Waals surface area contributed by atoms with Crippen molar-refractivity contribution < 1.29 is 9.59 Å². The molecule has 4 rings (SSSR count). The van der Waals surface area contributed by atoms with Crippen LogP contribution in [0.1, 0.15) is 15.2 Å². The van der Waals surface area contributed by atoms with E-state index < -0.39 is 0 Å². The maximum atomic E-state index is 12.6. The molecule has 6 heteroatoms. The zero-order valence-corrected chi connectivity index (χ0v) is 13.8. The maximum Gasteiger partial charge on any atom is 0.256 e. The van der Waals surface area contributed by atoms with E-state index in [1.165, 1.54) is 0 Å². The second-order valence-corrected chi connectivity index (χ2v) is 6.98. The second kappa shape index (κ2) is 6.13. The Labute approximate surface area is 143 Å². The quantitative estimate of drug-likeness (QED) is 0.767. The number of aromatic amines is 1. The lowest BCUT2D eigenvalue weighted by atomic mass is 9.97. The van der Waals surface area contributed by atoms with Crippen LogP contribution in [0, 0.1) is 5.92 Å². The number of nitrogens with zero attached hydrogens (tertiary/aromatic N) is 1. The van der Waals surface area contributed by atoms with E-state index in [4.69, 9.17) is 0 Å². The van der Waals surface area contributed by atoms with Crippen molar-refractivity contribution in [1.82, 2.24) is 15.2 Å². The Morgan fingerprint density at radius 1 is 1.21 bits per heavy atom. The molecule has 1 aromatic carbocycles. The van der Waals surface area contributed by atoms with Crippen LogP contribution in [-0.2, 0) is 11.3 Å². The predicted octanol–water partition coefficient (Wildman–Crippen LogP) is 2.62. The molecule has 0 unspecified atom stereocenters. The lowest BCUT2D eigenvalue weighted by Crippen LogP contribution is -2.55. The van der Waals surface area contributed by atoms with E-state index in [2.05, 4.69) is 10.3 Å². The number of H-pyrrole nitrogens is 1. The van der Waals surface area contributed by atoms with Gasteiger partial charge in [-0.05, 0) is 17.5 Å². The number of amides is 2. The molecule has 1 saturated heterocycles. The Morgan fingerprint density at radius 3 is 2.83 bits per heavy atom. The molecule has 0 saturated carbocycles. The van der Waals surface area contributed by atoms with Crippen LogP contribution in [0.15, 0.2) is 48.0 Å². The number of benzene rings is 1. The molecule has 0 aliphatic carbocycles. The Hall–Kier alpha value is -2.60. The number of likely N-dealkylation sites (tertiary alicyclic amines) is 1. The number of aromatic nitrogens is 1. The number of para-hydroxylation sites is 1. The van der Waals surface area contributed by atoms with Crippen LogP contribution in [-0.4, -0.2) is 34.8 Å². The molecule has 2 aromatic heterocycles. The van der Waals surface area contributed by atoms with Gasteiger partial charge in [0.1, 0.15) is 0 Å². The van der Waals surface area contributed by atoms with Crippen molar-refractivity contribution in [1.29, 1.82) is 0 Å². The van der Waals surface area contributed by atoms with E-state index in [9.17, 15) is 9.59 Å². The van der Waals surface area contributed by atoms with Crippen LogP contribution in [0.4, 0.5) is 0 Å². The van der Waals surface area contributed by atoms with Crippen molar-refractivity contribution in [3.8, 4) is 0 Å². The van der Waals surface area contributed by atoms with Gasteiger partial charge in [0.25, 0.3) is 5.91 Å². The second-order valence-electron chi connectivity index (χ2n) is 5.95. The number of thiophene rings is 1. The monoisotopic (exact) mass is 339 g/mol. The van der Waals surface area contributed by atoms with E-state index in [-0.39, 0.29) is 17.7 Å². The van der Waals surface area contributed by atoms with Crippen molar-refractivity contribution in [2.45, 2.75) is 6.54 Å². The van der Waals surface area contributed by atoms with Gasteiger partial charge in [-0.2, -0.15) is 0 Å². The summed E-state index contributed by atoms with van der Waals surface area (Å²) in [5, 5.41) is 5.85. The molecule has 1 fully saturated rings. The predicted molar refractivity (Wildman–Crippen MR) is 93.9 cm³/mol. The average Bonchev–Trinajstić information content (AvgIpc) is 3.20. The van der Waals surface area contributed by atoms with Crippen molar-refractivity contribution in [3.05, 3.63) is 58.4 Å². The lowest BCUT2D eigenvalue weighted by molar-refractivity contribution is -0.129. The van der Waals surface area contributed by atoms with E-state index in [0.717, 1.165) is 15.8 Å². The summed E-state index contributed by atoms with van der Waals surface area (Å²) in [6, 6.07) is 11.7. The van der Waals surface area contributed by atoms with Crippen LogP contribution in [0.5, 0.6) is 0 Å². The summed E-state index contributed by atoms with van der Waals surface area (Å²) >= 11 is 1.62. The molecule has 0 bridgehead atoms. The van der Waals surface area contributed by atoms with Gasteiger partial charge in [0, 0.05) is 35.1 Å². The molecule has 1 aliphatic rings. The number of fused-ring (bicyclic) bond motifs is 1. The Morgan fingerprint density at radius 2 is 2.04 bits per heavy atom. The molecule has 0 radical (unpaired) electrons. The minimum Gasteiger partial charge on any atom is -0.360 e. The highest BCUT2D eigenvalue weighted by Gasteiger charge is 2.36. The minimum absolute atomic E-state index is 0.0187. The van der Waals surface area contributed by atoms with E-state index in [0.29, 0.717) is 25.2 Å². The molecule has 0 atom stereocenters. The zero-order chi connectivity index (χ0) is 16.5. The molecule has 3 aromatic rings. The third-order valence-corrected chi connectivity index (χ3v) is 5.25. The van der Waals surface area contributed by atoms with Crippen LogP contribution in [0.25, 0.3) is 10.9 Å². The van der Waals surface area contributed by atoms with Crippen molar-refractivity contribution >= 4 is 34.1 Å². The lowest BCUT2D eigenvalue weighted by Gasteiger charge is -2.38. The third-order valence-electron chi connectivity index (χ3n) is 4.38. The van der Waals surface area contributed by atoms with Gasteiger partial charge in [0.05, 0.1) is 18.0 Å². The van der Waals surface area contributed by atoms with E-state index >= 15 is 0 Å². The SMILES string of the molecule is O=C(NCc1cccs1)C1CN(C(=O)c2c[nH]c3ccccc23)C1. The average molecular weight is 339 g/mol. The van der Waals surface area contributed by atoms with Crippen LogP contribution < -0.4 is 5.32 Å². The number of carbonyl (C=O) groups excluding carboxylic acids is 2. The fourth-order valence-electron chi connectivity index (χ4n) is 2.96. The number of carbonyl (C=O) groups is 2. The van der Waals surface area contributed by atoms with Gasteiger partial charge >= 0.3 is 0 Å².